The standard InChI is InChI=1S/C14H21NO2/c1-10(2)17-12-8-6-11(7-9-12)15-13-4-3-5-14(13)16/h6-10,13-16H,3-5H2,1-2H3/t13-,14-/m1/s1. The smallest absolute Gasteiger partial charge is 0.119 e. The van der Waals surface area contributed by atoms with Crippen LogP contribution in [0.15, 0.2) is 24.3 Å². The van der Waals surface area contributed by atoms with Crippen LogP contribution in [0.1, 0.15) is 33.1 Å². The van der Waals surface area contributed by atoms with E-state index in [1.165, 1.54) is 0 Å². The van der Waals surface area contributed by atoms with Gasteiger partial charge < -0.3 is 15.2 Å². The van der Waals surface area contributed by atoms with Crippen LogP contribution in [0, 0.1) is 0 Å². The Labute approximate surface area is 103 Å². The highest BCUT2D eigenvalue weighted by atomic mass is 16.5. The van der Waals surface area contributed by atoms with E-state index < -0.39 is 0 Å². The van der Waals surface area contributed by atoms with Crippen molar-refractivity contribution in [3.8, 4) is 5.75 Å². The van der Waals surface area contributed by atoms with Crippen molar-refractivity contribution in [1.29, 1.82) is 0 Å². The summed E-state index contributed by atoms with van der Waals surface area (Å²) in [5.41, 5.74) is 1.05. The average molecular weight is 235 g/mol. The molecule has 0 bridgehead atoms. The molecular formula is C14H21NO2. The van der Waals surface area contributed by atoms with Gasteiger partial charge in [0.05, 0.1) is 18.2 Å². The number of anilines is 1. The lowest BCUT2D eigenvalue weighted by atomic mass is 10.2. The van der Waals surface area contributed by atoms with Crippen molar-refractivity contribution in [1.82, 2.24) is 0 Å². The van der Waals surface area contributed by atoms with Crippen LogP contribution in [0.4, 0.5) is 5.69 Å². The molecule has 2 rings (SSSR count). The first-order valence-electron chi connectivity index (χ1n) is 6.36. The fraction of sp³-hybridized carbons (Fsp3) is 0.571. The fourth-order valence-electron chi connectivity index (χ4n) is 2.22. The quantitative estimate of drug-likeness (QED) is 0.843. The summed E-state index contributed by atoms with van der Waals surface area (Å²) in [6.07, 6.45) is 3.05. The molecule has 94 valence electrons. The lowest BCUT2D eigenvalue weighted by Crippen LogP contribution is -2.27. The third kappa shape index (κ3) is 3.37. The van der Waals surface area contributed by atoms with Crippen molar-refractivity contribution < 1.29 is 9.84 Å². The monoisotopic (exact) mass is 235 g/mol. The first-order chi connectivity index (χ1) is 8.15. The molecule has 0 unspecified atom stereocenters. The molecule has 0 saturated heterocycles. The lowest BCUT2D eigenvalue weighted by molar-refractivity contribution is 0.172. The van der Waals surface area contributed by atoms with E-state index in [2.05, 4.69) is 5.32 Å². The van der Waals surface area contributed by atoms with Gasteiger partial charge >= 0.3 is 0 Å². The molecule has 3 heteroatoms. The van der Waals surface area contributed by atoms with E-state index in [1.807, 2.05) is 38.1 Å². The molecule has 3 nitrogen and oxygen atoms in total. The van der Waals surface area contributed by atoms with Gasteiger partial charge in [-0.15, -0.1) is 0 Å². The van der Waals surface area contributed by atoms with Gasteiger partial charge in [-0.3, -0.25) is 0 Å². The van der Waals surface area contributed by atoms with Crippen LogP contribution < -0.4 is 10.1 Å². The highest BCUT2D eigenvalue weighted by Gasteiger charge is 2.24. The maximum atomic E-state index is 9.74. The maximum Gasteiger partial charge on any atom is 0.119 e. The Kier molecular flexibility index (Phi) is 3.89. The van der Waals surface area contributed by atoms with E-state index in [1.54, 1.807) is 0 Å². The van der Waals surface area contributed by atoms with E-state index in [-0.39, 0.29) is 18.2 Å². The van der Waals surface area contributed by atoms with Gasteiger partial charge in [0.15, 0.2) is 0 Å². The van der Waals surface area contributed by atoms with Crippen LogP contribution in [0.2, 0.25) is 0 Å². The summed E-state index contributed by atoms with van der Waals surface area (Å²) in [4.78, 5) is 0. The number of rotatable bonds is 4. The molecule has 2 atom stereocenters. The van der Waals surface area contributed by atoms with E-state index in [4.69, 9.17) is 4.74 Å². The number of aliphatic hydroxyl groups is 1. The minimum absolute atomic E-state index is 0.200. The fourth-order valence-corrected chi connectivity index (χ4v) is 2.22. The second kappa shape index (κ2) is 5.41. The van der Waals surface area contributed by atoms with Gasteiger partial charge in [-0.1, -0.05) is 0 Å². The molecular weight excluding hydrogens is 214 g/mol. The number of ether oxygens (including phenoxy) is 1. The second-order valence-electron chi connectivity index (χ2n) is 4.94. The summed E-state index contributed by atoms with van der Waals surface area (Å²) in [5, 5.41) is 13.1. The third-order valence-corrected chi connectivity index (χ3v) is 3.06. The lowest BCUT2D eigenvalue weighted by Gasteiger charge is -2.18. The first-order valence-corrected chi connectivity index (χ1v) is 6.36. The molecule has 17 heavy (non-hydrogen) atoms. The maximum absolute atomic E-state index is 9.74. The minimum Gasteiger partial charge on any atom is -0.491 e. The number of hydrogen-bond acceptors (Lipinski definition) is 3. The van der Waals surface area contributed by atoms with Crippen LogP contribution in [-0.4, -0.2) is 23.4 Å². The summed E-state index contributed by atoms with van der Waals surface area (Å²) in [6, 6.07) is 8.13. The second-order valence-corrected chi connectivity index (χ2v) is 4.94. The zero-order valence-corrected chi connectivity index (χ0v) is 10.5. The topological polar surface area (TPSA) is 41.5 Å². The largest absolute Gasteiger partial charge is 0.491 e. The number of hydrogen-bond donors (Lipinski definition) is 2. The van der Waals surface area contributed by atoms with Crippen molar-refractivity contribution in [2.45, 2.75) is 51.4 Å². The zero-order valence-electron chi connectivity index (χ0n) is 10.5. The molecule has 0 aromatic heterocycles. The van der Waals surface area contributed by atoms with Gasteiger partial charge in [0.2, 0.25) is 0 Å². The molecule has 2 N–H and O–H groups in total. The summed E-state index contributed by atoms with van der Waals surface area (Å²) in [7, 11) is 0. The summed E-state index contributed by atoms with van der Waals surface area (Å²) in [6.45, 7) is 4.03. The predicted molar refractivity (Wildman–Crippen MR) is 69.5 cm³/mol. The van der Waals surface area contributed by atoms with E-state index in [9.17, 15) is 5.11 Å². The van der Waals surface area contributed by atoms with Crippen LogP contribution in [0.5, 0.6) is 5.75 Å². The Morgan fingerprint density at radius 2 is 1.94 bits per heavy atom. The molecule has 1 saturated carbocycles. The Hall–Kier alpha value is -1.22. The Bertz CT molecular complexity index is 348. The van der Waals surface area contributed by atoms with Gasteiger partial charge in [0.25, 0.3) is 0 Å². The average Bonchev–Trinajstić information content (AvgIpc) is 2.67. The highest BCUT2D eigenvalue weighted by Crippen LogP contribution is 2.24. The van der Waals surface area contributed by atoms with Crippen molar-refractivity contribution in [2.24, 2.45) is 0 Å². The van der Waals surface area contributed by atoms with Crippen molar-refractivity contribution in [3.63, 3.8) is 0 Å². The minimum atomic E-state index is -0.207. The number of aliphatic hydroxyl groups excluding tert-OH is 1. The molecule has 1 aliphatic rings. The Balaban J connectivity index is 1.93. The summed E-state index contributed by atoms with van der Waals surface area (Å²) >= 11 is 0. The highest BCUT2D eigenvalue weighted by molar-refractivity contribution is 5.47. The zero-order chi connectivity index (χ0) is 12.3. The van der Waals surface area contributed by atoms with Crippen LogP contribution in [-0.2, 0) is 0 Å². The molecule has 1 aliphatic carbocycles. The normalized spacial score (nSPS) is 24.0. The van der Waals surface area contributed by atoms with Crippen LogP contribution in [0.25, 0.3) is 0 Å². The molecule has 0 spiro atoms. The van der Waals surface area contributed by atoms with Crippen molar-refractivity contribution in [3.05, 3.63) is 24.3 Å². The molecule has 1 fully saturated rings. The third-order valence-electron chi connectivity index (χ3n) is 3.06. The molecule has 0 heterocycles. The molecule has 0 aliphatic heterocycles. The first kappa shape index (κ1) is 12.2. The Morgan fingerprint density at radius 1 is 1.24 bits per heavy atom. The Morgan fingerprint density at radius 3 is 2.47 bits per heavy atom. The predicted octanol–water partition coefficient (Wildman–Crippen LogP) is 2.80. The van der Waals surface area contributed by atoms with Crippen molar-refractivity contribution in [2.75, 3.05) is 5.32 Å². The van der Waals surface area contributed by atoms with Gasteiger partial charge in [-0.05, 0) is 57.4 Å². The molecule has 1 aromatic carbocycles. The van der Waals surface area contributed by atoms with E-state index in [0.29, 0.717) is 0 Å². The van der Waals surface area contributed by atoms with Crippen LogP contribution >= 0.6 is 0 Å². The van der Waals surface area contributed by atoms with Gasteiger partial charge in [-0.25, -0.2) is 0 Å². The number of nitrogens with one attached hydrogen (secondary N) is 1. The molecule has 1 aromatic rings. The van der Waals surface area contributed by atoms with Gasteiger partial charge in [-0.2, -0.15) is 0 Å². The van der Waals surface area contributed by atoms with Gasteiger partial charge in [0.1, 0.15) is 5.75 Å². The molecule has 0 radical (unpaired) electrons. The van der Waals surface area contributed by atoms with E-state index in [0.717, 1.165) is 30.7 Å². The summed E-state index contributed by atoms with van der Waals surface area (Å²) < 4.78 is 5.58. The summed E-state index contributed by atoms with van der Waals surface area (Å²) in [5.74, 6) is 0.887. The van der Waals surface area contributed by atoms with Crippen molar-refractivity contribution >= 4 is 5.69 Å². The number of benzene rings is 1. The SMILES string of the molecule is CC(C)Oc1ccc(N[C@@H]2CCC[C@H]2O)cc1. The van der Waals surface area contributed by atoms with Crippen LogP contribution in [0.3, 0.4) is 0 Å². The van der Waals surface area contributed by atoms with Gasteiger partial charge in [0, 0.05) is 5.69 Å². The van der Waals surface area contributed by atoms with E-state index >= 15 is 0 Å². The molecule has 0 amide bonds.